The molecule has 3 rings (SSSR count). The highest BCUT2D eigenvalue weighted by Gasteiger charge is 2.22. The quantitative estimate of drug-likeness (QED) is 0.824. The first-order valence-corrected chi connectivity index (χ1v) is 8.23. The maximum Gasteiger partial charge on any atom is 0.319 e. The van der Waals surface area contributed by atoms with Crippen LogP contribution in [0.2, 0.25) is 5.02 Å². The second-order valence-corrected chi connectivity index (χ2v) is 6.55. The molecule has 0 fully saturated rings. The van der Waals surface area contributed by atoms with Crippen molar-refractivity contribution >= 4 is 35.1 Å². The topological polar surface area (TPSA) is 41.1 Å². The molecule has 0 spiro atoms. The molecule has 3 nitrogen and oxygen atoms in total. The van der Waals surface area contributed by atoms with Crippen LogP contribution in [0.4, 0.5) is 14.9 Å². The van der Waals surface area contributed by atoms with Gasteiger partial charge < -0.3 is 10.6 Å². The molecular weight excluding hydrogens is 323 g/mol. The predicted molar refractivity (Wildman–Crippen MR) is 88.1 cm³/mol. The highest BCUT2D eigenvalue weighted by atomic mass is 35.5. The average molecular weight is 337 g/mol. The fourth-order valence-corrected chi connectivity index (χ4v) is 3.70. The van der Waals surface area contributed by atoms with Gasteiger partial charge in [-0.3, -0.25) is 0 Å². The third-order valence-corrected chi connectivity index (χ3v) is 4.76. The van der Waals surface area contributed by atoms with E-state index < -0.39 is 0 Å². The van der Waals surface area contributed by atoms with Gasteiger partial charge >= 0.3 is 6.03 Å². The van der Waals surface area contributed by atoms with Crippen LogP contribution < -0.4 is 10.6 Å². The Kier molecular flexibility index (Phi) is 4.55. The third kappa shape index (κ3) is 3.54. The van der Waals surface area contributed by atoms with Gasteiger partial charge in [-0.15, -0.1) is 11.8 Å². The summed E-state index contributed by atoms with van der Waals surface area (Å²) in [6.45, 7) is 0. The lowest BCUT2D eigenvalue weighted by molar-refractivity contribution is 0.248. The number of fused-ring (bicyclic) bond motifs is 1. The van der Waals surface area contributed by atoms with Crippen molar-refractivity contribution in [3.05, 3.63) is 58.9 Å². The molecule has 22 heavy (non-hydrogen) atoms. The van der Waals surface area contributed by atoms with Crippen LogP contribution in [-0.4, -0.2) is 11.8 Å². The first-order valence-electron chi connectivity index (χ1n) is 6.87. The summed E-state index contributed by atoms with van der Waals surface area (Å²) in [7, 11) is 0. The van der Waals surface area contributed by atoms with Gasteiger partial charge in [0.15, 0.2) is 0 Å². The number of nitrogens with one attached hydrogen (secondary N) is 2. The molecule has 2 amide bonds. The minimum atomic E-state index is -0.325. The molecule has 2 N–H and O–H groups in total. The molecule has 0 unspecified atom stereocenters. The summed E-state index contributed by atoms with van der Waals surface area (Å²) in [6, 6.07) is 11.1. The molecule has 6 heteroatoms. The number of urea groups is 1. The molecule has 1 heterocycles. The van der Waals surface area contributed by atoms with Crippen molar-refractivity contribution < 1.29 is 9.18 Å². The largest absolute Gasteiger partial charge is 0.331 e. The summed E-state index contributed by atoms with van der Waals surface area (Å²) in [5.41, 5.74) is 1.45. The second-order valence-electron chi connectivity index (χ2n) is 4.98. The Bertz CT molecular complexity index is 710. The van der Waals surface area contributed by atoms with Gasteiger partial charge in [-0.05, 0) is 48.4 Å². The summed E-state index contributed by atoms with van der Waals surface area (Å²) in [5.74, 6) is 0.601. The van der Waals surface area contributed by atoms with E-state index >= 15 is 0 Å². The maximum absolute atomic E-state index is 13.4. The van der Waals surface area contributed by atoms with Gasteiger partial charge in [-0.1, -0.05) is 17.7 Å². The van der Waals surface area contributed by atoms with Crippen molar-refractivity contribution in [3.8, 4) is 0 Å². The molecule has 2 aromatic rings. The number of amides is 2. The predicted octanol–water partition coefficient (Wildman–Crippen LogP) is 4.84. The zero-order chi connectivity index (χ0) is 15.5. The minimum absolute atomic E-state index is 0.189. The summed E-state index contributed by atoms with van der Waals surface area (Å²) < 4.78 is 13.4. The monoisotopic (exact) mass is 336 g/mol. The fourth-order valence-electron chi connectivity index (χ4n) is 2.41. The average Bonchev–Trinajstić information content (AvgIpc) is 2.48. The molecule has 114 valence electrons. The van der Waals surface area contributed by atoms with Crippen LogP contribution in [0, 0.1) is 5.82 Å². The molecule has 0 aliphatic carbocycles. The standard InChI is InChI=1S/C16H14ClFN2OS/c17-10-2-1-3-12(8-10)19-16(21)20-14-6-7-22-15-5-4-11(18)9-13(14)15/h1-5,8-9,14H,6-7H2,(H2,19,20,21)/t14-/m1/s1. The summed E-state index contributed by atoms with van der Waals surface area (Å²) in [5, 5.41) is 6.19. The van der Waals surface area contributed by atoms with Gasteiger partial charge in [-0.2, -0.15) is 0 Å². The zero-order valence-corrected chi connectivity index (χ0v) is 13.2. The van der Waals surface area contributed by atoms with Crippen LogP contribution in [0.1, 0.15) is 18.0 Å². The van der Waals surface area contributed by atoms with Crippen LogP contribution in [0.15, 0.2) is 47.4 Å². The number of thioether (sulfide) groups is 1. The van der Waals surface area contributed by atoms with E-state index in [0.717, 1.165) is 22.6 Å². The van der Waals surface area contributed by atoms with E-state index in [2.05, 4.69) is 10.6 Å². The number of carbonyl (C=O) groups excluding carboxylic acids is 1. The Morgan fingerprint density at radius 3 is 2.95 bits per heavy atom. The van der Waals surface area contributed by atoms with Gasteiger partial charge in [-0.25, -0.2) is 9.18 Å². The lowest BCUT2D eigenvalue weighted by atomic mass is 10.0. The molecule has 0 bridgehead atoms. The smallest absolute Gasteiger partial charge is 0.319 e. The van der Waals surface area contributed by atoms with Crippen LogP contribution in [0.25, 0.3) is 0 Å². The number of anilines is 1. The van der Waals surface area contributed by atoms with Crippen molar-refractivity contribution in [1.82, 2.24) is 5.32 Å². The molecular formula is C16H14ClFN2OS. The van der Waals surface area contributed by atoms with Gasteiger partial charge in [0.2, 0.25) is 0 Å². The Balaban J connectivity index is 1.71. The van der Waals surface area contributed by atoms with Crippen LogP contribution >= 0.6 is 23.4 Å². The van der Waals surface area contributed by atoms with Crippen LogP contribution in [-0.2, 0) is 0 Å². The second kappa shape index (κ2) is 6.58. The van der Waals surface area contributed by atoms with E-state index in [1.54, 1.807) is 42.1 Å². The van der Waals surface area contributed by atoms with Gasteiger partial charge in [0.25, 0.3) is 0 Å². The zero-order valence-electron chi connectivity index (χ0n) is 11.6. The minimum Gasteiger partial charge on any atom is -0.331 e. The van der Waals surface area contributed by atoms with Crippen molar-refractivity contribution in [2.24, 2.45) is 0 Å². The molecule has 1 aliphatic rings. The lowest BCUT2D eigenvalue weighted by Gasteiger charge is -2.26. The summed E-state index contributed by atoms with van der Waals surface area (Å²) >= 11 is 7.57. The number of halogens is 2. The van der Waals surface area contributed by atoms with Crippen LogP contribution in [0.5, 0.6) is 0 Å². The first kappa shape index (κ1) is 15.2. The van der Waals surface area contributed by atoms with E-state index in [0.29, 0.717) is 10.7 Å². The van der Waals surface area contributed by atoms with E-state index in [-0.39, 0.29) is 17.9 Å². The first-order chi connectivity index (χ1) is 10.6. The number of rotatable bonds is 2. The van der Waals surface area contributed by atoms with Crippen molar-refractivity contribution in [2.75, 3.05) is 11.1 Å². The highest BCUT2D eigenvalue weighted by molar-refractivity contribution is 7.99. The Morgan fingerprint density at radius 1 is 1.27 bits per heavy atom. The molecule has 0 saturated heterocycles. The van der Waals surface area contributed by atoms with E-state index in [1.807, 2.05) is 0 Å². The number of hydrogen-bond acceptors (Lipinski definition) is 2. The van der Waals surface area contributed by atoms with Crippen LogP contribution in [0.3, 0.4) is 0 Å². The Labute approximate surface area is 137 Å². The van der Waals surface area contributed by atoms with Gasteiger partial charge in [0, 0.05) is 21.4 Å². The SMILES string of the molecule is O=C(Nc1cccc(Cl)c1)N[C@@H]1CCSc2ccc(F)cc21. The van der Waals surface area contributed by atoms with Crippen molar-refractivity contribution in [3.63, 3.8) is 0 Å². The number of hydrogen-bond donors (Lipinski definition) is 2. The van der Waals surface area contributed by atoms with E-state index in [9.17, 15) is 9.18 Å². The summed E-state index contributed by atoms with van der Waals surface area (Å²) in [4.78, 5) is 13.1. The summed E-state index contributed by atoms with van der Waals surface area (Å²) in [6.07, 6.45) is 0.768. The highest BCUT2D eigenvalue weighted by Crippen LogP contribution is 2.36. The Hall–Kier alpha value is -1.72. The molecule has 2 aromatic carbocycles. The maximum atomic E-state index is 13.4. The third-order valence-electron chi connectivity index (χ3n) is 3.40. The van der Waals surface area contributed by atoms with E-state index in [4.69, 9.17) is 11.6 Å². The molecule has 0 aromatic heterocycles. The van der Waals surface area contributed by atoms with Gasteiger partial charge in [0.05, 0.1) is 6.04 Å². The molecule has 1 aliphatic heterocycles. The fraction of sp³-hybridized carbons (Fsp3) is 0.188. The van der Waals surface area contributed by atoms with E-state index in [1.165, 1.54) is 12.1 Å². The van der Waals surface area contributed by atoms with Gasteiger partial charge in [0.1, 0.15) is 5.82 Å². The number of carbonyl (C=O) groups is 1. The van der Waals surface area contributed by atoms with Crippen molar-refractivity contribution in [1.29, 1.82) is 0 Å². The van der Waals surface area contributed by atoms with Crippen molar-refractivity contribution in [2.45, 2.75) is 17.4 Å². The lowest BCUT2D eigenvalue weighted by Crippen LogP contribution is -2.34. The number of benzene rings is 2. The molecule has 0 saturated carbocycles. The Morgan fingerprint density at radius 2 is 2.14 bits per heavy atom. The molecule has 0 radical (unpaired) electrons. The normalized spacial score (nSPS) is 16.7. The molecule has 1 atom stereocenters.